The van der Waals surface area contributed by atoms with Gasteiger partial charge >= 0.3 is 0 Å². The second-order valence-electron chi connectivity index (χ2n) is 10.3. The van der Waals surface area contributed by atoms with Crippen molar-refractivity contribution in [1.82, 2.24) is 0 Å². The zero-order chi connectivity index (χ0) is 30.8. The fraction of sp³-hybridized carbons (Fsp3) is 1.00. The summed E-state index contributed by atoms with van der Waals surface area (Å²) in [5.74, 6) is 0. The van der Waals surface area contributed by atoms with Crippen molar-refractivity contribution in [2.45, 2.75) is 92.3 Å². The maximum Gasteiger partial charge on any atom is 0.0781 e. The highest BCUT2D eigenvalue weighted by Crippen LogP contribution is 2.18. The number of rotatable bonds is 17. The molecule has 0 saturated heterocycles. The van der Waals surface area contributed by atoms with Crippen molar-refractivity contribution in [3.63, 3.8) is 0 Å². The summed E-state index contributed by atoms with van der Waals surface area (Å²) in [4.78, 5) is 0. The Morgan fingerprint density at radius 1 is 0.526 bits per heavy atom. The number of hydrogen-bond acceptors (Lipinski definition) is 12. The SMILES string of the molecule is CC(C)(CO)CO.CC(O)COC(C)CO.CC(O)COC(C)COC(C)CO.CCC(CO)(CO)CO. The largest absolute Gasteiger partial charge is 0.396 e. The minimum absolute atomic E-state index is 0.00667. The fourth-order valence-electron chi connectivity index (χ4n) is 1.60. The number of aliphatic hydroxyl groups is 9. The molecule has 5 atom stereocenters. The first-order valence-electron chi connectivity index (χ1n) is 13.1. The Morgan fingerprint density at radius 3 is 1.03 bits per heavy atom. The van der Waals surface area contributed by atoms with Crippen LogP contribution in [0.2, 0.25) is 0 Å². The molecule has 0 aliphatic carbocycles. The Morgan fingerprint density at radius 2 is 0.842 bits per heavy atom. The Balaban J connectivity index is -0.000000208. The van der Waals surface area contributed by atoms with E-state index in [2.05, 4.69) is 0 Å². The summed E-state index contributed by atoms with van der Waals surface area (Å²) < 4.78 is 15.4. The van der Waals surface area contributed by atoms with E-state index in [4.69, 9.17) is 60.2 Å². The molecule has 236 valence electrons. The van der Waals surface area contributed by atoms with Crippen LogP contribution in [0.3, 0.4) is 0 Å². The molecule has 0 saturated carbocycles. The minimum atomic E-state index is -0.667. The highest BCUT2D eigenvalue weighted by Gasteiger charge is 2.24. The molecular weight excluding hydrogens is 504 g/mol. The highest BCUT2D eigenvalue weighted by atomic mass is 16.5. The summed E-state index contributed by atoms with van der Waals surface area (Å²) in [6, 6.07) is 0. The first kappa shape index (κ1) is 44.5. The average Bonchev–Trinajstić information content (AvgIpc) is 2.91. The van der Waals surface area contributed by atoms with Crippen LogP contribution in [0.1, 0.15) is 61.8 Å². The van der Waals surface area contributed by atoms with E-state index < -0.39 is 17.6 Å². The van der Waals surface area contributed by atoms with Crippen molar-refractivity contribution in [2.75, 3.05) is 66.1 Å². The Kier molecular flexibility index (Phi) is 32.9. The minimum Gasteiger partial charge on any atom is -0.396 e. The zero-order valence-electron chi connectivity index (χ0n) is 24.9. The summed E-state index contributed by atoms with van der Waals surface area (Å²) >= 11 is 0. The summed E-state index contributed by atoms with van der Waals surface area (Å²) in [6.45, 7) is 14.8. The topological polar surface area (TPSA) is 210 Å². The maximum atomic E-state index is 8.92. The summed E-state index contributed by atoms with van der Waals surface area (Å²) in [5, 5.41) is 77.5. The van der Waals surface area contributed by atoms with Gasteiger partial charge in [0, 0.05) is 10.8 Å². The maximum absolute atomic E-state index is 8.92. The average molecular weight is 565 g/mol. The first-order chi connectivity index (χ1) is 17.6. The molecule has 9 N–H and O–H groups in total. The van der Waals surface area contributed by atoms with Gasteiger partial charge in [0.1, 0.15) is 0 Å². The third-order valence-electron chi connectivity index (χ3n) is 4.99. The van der Waals surface area contributed by atoms with Crippen LogP contribution in [0.5, 0.6) is 0 Å². The molecule has 0 amide bonds. The first-order valence-corrected chi connectivity index (χ1v) is 13.1. The summed E-state index contributed by atoms with van der Waals surface area (Å²) in [5.41, 5.74) is -0.972. The molecule has 12 heteroatoms. The van der Waals surface area contributed by atoms with Crippen LogP contribution in [-0.2, 0) is 14.2 Å². The van der Waals surface area contributed by atoms with E-state index in [1.807, 2.05) is 13.8 Å². The lowest BCUT2D eigenvalue weighted by Gasteiger charge is -2.24. The van der Waals surface area contributed by atoms with E-state index in [9.17, 15) is 0 Å². The molecule has 0 fully saturated rings. The van der Waals surface area contributed by atoms with Gasteiger partial charge in [-0.1, -0.05) is 20.8 Å². The quantitative estimate of drug-likeness (QED) is 0.107. The van der Waals surface area contributed by atoms with Gasteiger partial charge in [-0.15, -0.1) is 0 Å². The molecule has 0 aromatic carbocycles. The van der Waals surface area contributed by atoms with Gasteiger partial charge in [0.15, 0.2) is 0 Å². The molecule has 0 heterocycles. The van der Waals surface area contributed by atoms with Crippen molar-refractivity contribution in [1.29, 1.82) is 0 Å². The lowest BCUT2D eigenvalue weighted by Crippen LogP contribution is -2.32. The number of hydrogen-bond donors (Lipinski definition) is 9. The molecule has 38 heavy (non-hydrogen) atoms. The van der Waals surface area contributed by atoms with Crippen LogP contribution < -0.4 is 0 Å². The number of aliphatic hydroxyl groups excluding tert-OH is 9. The van der Waals surface area contributed by atoms with Crippen LogP contribution in [0.15, 0.2) is 0 Å². The lowest BCUT2D eigenvalue weighted by molar-refractivity contribution is -0.0620. The monoisotopic (exact) mass is 564 g/mol. The van der Waals surface area contributed by atoms with Crippen LogP contribution in [0.4, 0.5) is 0 Å². The highest BCUT2D eigenvalue weighted by molar-refractivity contribution is 4.74. The van der Waals surface area contributed by atoms with Crippen molar-refractivity contribution < 1.29 is 60.2 Å². The van der Waals surface area contributed by atoms with Gasteiger partial charge in [0.25, 0.3) is 0 Å². The molecule has 0 radical (unpaired) electrons. The smallest absolute Gasteiger partial charge is 0.0781 e. The van der Waals surface area contributed by atoms with Crippen molar-refractivity contribution in [3.05, 3.63) is 0 Å². The second kappa shape index (κ2) is 28.1. The Bertz CT molecular complexity index is 436. The Hall–Kier alpha value is -0.480. The van der Waals surface area contributed by atoms with Gasteiger partial charge in [-0.05, 0) is 41.0 Å². The standard InChI is InChI=1S/C9H20O4.2C6H14O3.C5H12O2/c1-7(11)5-12-9(3)6-13-8(2)4-10;1-5(8)4-9-6(2)3-7;1-2-6(3-7,4-8)5-9;1-5(2,3-6)4-7/h7-11H,4-6H2,1-3H3;5-8H,3-4H2,1-2H3;7-9H,2-5H2,1H3;6-7H,3-4H2,1-2H3. The van der Waals surface area contributed by atoms with E-state index in [-0.39, 0.29) is 70.0 Å². The molecule has 5 unspecified atom stereocenters. The Labute approximate surface area is 229 Å². The predicted octanol–water partition coefficient (Wildman–Crippen LogP) is -0.709. The zero-order valence-corrected chi connectivity index (χ0v) is 24.9. The van der Waals surface area contributed by atoms with Gasteiger partial charge in [0.2, 0.25) is 0 Å². The van der Waals surface area contributed by atoms with E-state index >= 15 is 0 Å². The predicted molar refractivity (Wildman–Crippen MR) is 146 cm³/mol. The molecule has 0 spiro atoms. The molecule has 0 aliphatic heterocycles. The van der Waals surface area contributed by atoms with Crippen LogP contribution >= 0.6 is 0 Å². The van der Waals surface area contributed by atoms with Crippen LogP contribution in [-0.4, -0.2) is 143 Å². The molecular formula is C26H60O12. The van der Waals surface area contributed by atoms with Gasteiger partial charge in [0.05, 0.1) is 96.6 Å². The van der Waals surface area contributed by atoms with Crippen molar-refractivity contribution in [3.8, 4) is 0 Å². The van der Waals surface area contributed by atoms with Crippen molar-refractivity contribution >= 4 is 0 Å². The third-order valence-corrected chi connectivity index (χ3v) is 4.99. The van der Waals surface area contributed by atoms with Crippen molar-refractivity contribution in [2.24, 2.45) is 10.8 Å². The van der Waals surface area contributed by atoms with Gasteiger partial charge in [-0.3, -0.25) is 0 Å². The fourth-order valence-corrected chi connectivity index (χ4v) is 1.60. The molecule has 12 nitrogen and oxygen atoms in total. The molecule has 0 aromatic heterocycles. The lowest BCUT2D eigenvalue weighted by atomic mass is 9.88. The van der Waals surface area contributed by atoms with Gasteiger partial charge in [-0.2, -0.15) is 0 Å². The van der Waals surface area contributed by atoms with Gasteiger partial charge in [-0.25, -0.2) is 0 Å². The molecule has 0 rings (SSSR count). The number of ether oxygens (including phenoxy) is 3. The summed E-state index contributed by atoms with van der Waals surface area (Å²) in [6.07, 6.45) is -0.672. The molecule has 0 aromatic rings. The third kappa shape index (κ3) is 31.7. The molecule has 0 aliphatic rings. The van der Waals surface area contributed by atoms with Crippen LogP contribution in [0, 0.1) is 10.8 Å². The van der Waals surface area contributed by atoms with E-state index in [0.717, 1.165) is 0 Å². The van der Waals surface area contributed by atoms with E-state index in [1.165, 1.54) is 0 Å². The molecule has 0 bridgehead atoms. The van der Waals surface area contributed by atoms with Crippen LogP contribution in [0.25, 0.3) is 0 Å². The van der Waals surface area contributed by atoms with E-state index in [1.54, 1.807) is 41.5 Å². The van der Waals surface area contributed by atoms with Gasteiger partial charge < -0.3 is 60.2 Å². The summed E-state index contributed by atoms with van der Waals surface area (Å²) in [7, 11) is 0. The second-order valence-corrected chi connectivity index (χ2v) is 10.3. The van der Waals surface area contributed by atoms with E-state index in [0.29, 0.717) is 26.2 Å². The normalized spacial score (nSPS) is 15.4.